The zero-order chi connectivity index (χ0) is 17.1. The van der Waals surface area contributed by atoms with E-state index in [2.05, 4.69) is 21.9 Å². The molecule has 0 bridgehead atoms. The molecule has 0 aliphatic carbocycles. The van der Waals surface area contributed by atoms with Crippen molar-refractivity contribution >= 4 is 22.9 Å². The van der Waals surface area contributed by atoms with Gasteiger partial charge in [0.2, 0.25) is 0 Å². The molecule has 0 saturated carbocycles. The zero-order valence-electron chi connectivity index (χ0n) is 13.6. The molecule has 2 aromatic heterocycles. The summed E-state index contributed by atoms with van der Waals surface area (Å²) in [5.74, 6) is 0.962. The van der Waals surface area contributed by atoms with Crippen LogP contribution in [0.2, 0.25) is 5.02 Å². The lowest BCUT2D eigenvalue weighted by Gasteiger charge is -2.09. The third kappa shape index (κ3) is 3.32. The quantitative estimate of drug-likeness (QED) is 0.540. The molecule has 1 N–H and O–H groups in total. The summed E-state index contributed by atoms with van der Waals surface area (Å²) in [5, 5.41) is 4.27. The first-order valence-electron chi connectivity index (χ1n) is 8.14. The molecule has 4 heteroatoms. The molecule has 0 fully saturated rings. The number of hydrogen-bond acceptors (Lipinski definition) is 2. The lowest BCUT2D eigenvalue weighted by molar-refractivity contribution is -0.496. The van der Waals surface area contributed by atoms with Crippen LogP contribution >= 0.6 is 11.6 Å². The number of nitrogens with zero attached hydrogens (tertiary/aromatic N) is 2. The van der Waals surface area contributed by atoms with E-state index in [-0.39, 0.29) is 0 Å². The third-order valence-electron chi connectivity index (χ3n) is 4.10. The number of pyridine rings is 1. The van der Waals surface area contributed by atoms with Crippen LogP contribution < -0.4 is 9.72 Å². The highest BCUT2D eigenvalue weighted by Crippen LogP contribution is 2.25. The molecule has 122 valence electrons. The van der Waals surface area contributed by atoms with Crippen LogP contribution in [0, 0.1) is 0 Å². The molecule has 0 aliphatic rings. The molecule has 0 aliphatic heterocycles. The Morgan fingerprint density at radius 1 is 0.880 bits per heavy atom. The average molecular weight is 347 g/mol. The summed E-state index contributed by atoms with van der Waals surface area (Å²) in [6.07, 6.45) is 3.93. The molecule has 0 atom stereocenters. The van der Waals surface area contributed by atoms with Crippen molar-refractivity contribution in [1.29, 1.82) is 0 Å². The first-order chi connectivity index (χ1) is 12.3. The van der Waals surface area contributed by atoms with Crippen molar-refractivity contribution in [2.45, 2.75) is 6.54 Å². The number of benzene rings is 2. The Kier molecular flexibility index (Phi) is 4.32. The van der Waals surface area contributed by atoms with Gasteiger partial charge in [0.05, 0.1) is 12.4 Å². The highest BCUT2D eigenvalue weighted by atomic mass is 35.5. The van der Waals surface area contributed by atoms with Gasteiger partial charge < -0.3 is 0 Å². The number of anilines is 1. The van der Waals surface area contributed by atoms with Crippen LogP contribution in [0.5, 0.6) is 0 Å². The van der Waals surface area contributed by atoms with Crippen LogP contribution in [-0.2, 0) is 6.54 Å². The van der Waals surface area contributed by atoms with Gasteiger partial charge in [0.15, 0.2) is 11.2 Å². The molecule has 2 aromatic carbocycles. The van der Waals surface area contributed by atoms with Crippen LogP contribution in [0.1, 0.15) is 5.56 Å². The maximum Gasteiger partial charge on any atom is 0.306 e. The van der Waals surface area contributed by atoms with Crippen LogP contribution in [0.3, 0.4) is 0 Å². The highest BCUT2D eigenvalue weighted by molar-refractivity contribution is 6.30. The van der Waals surface area contributed by atoms with E-state index in [1.54, 1.807) is 0 Å². The van der Waals surface area contributed by atoms with E-state index in [0.717, 1.165) is 34.2 Å². The molecular formula is C21H17ClN3+. The molecule has 0 radical (unpaired) electrons. The molecule has 0 saturated heterocycles. The molecule has 2 heterocycles. The van der Waals surface area contributed by atoms with Crippen LogP contribution in [0.25, 0.3) is 16.8 Å². The molecule has 0 unspecified atom stereocenters. The van der Waals surface area contributed by atoms with Crippen LogP contribution in [-0.4, -0.2) is 4.98 Å². The largest absolute Gasteiger partial charge is 0.306 e. The van der Waals surface area contributed by atoms with E-state index in [9.17, 15) is 0 Å². The van der Waals surface area contributed by atoms with Crippen LogP contribution in [0.15, 0.2) is 85.2 Å². The number of fused-ring (bicyclic) bond motifs is 1. The fourth-order valence-electron chi connectivity index (χ4n) is 2.84. The van der Waals surface area contributed by atoms with Crippen LogP contribution in [0.4, 0.5) is 5.82 Å². The van der Waals surface area contributed by atoms with Gasteiger partial charge in [0.1, 0.15) is 6.54 Å². The normalized spacial score (nSPS) is 10.8. The zero-order valence-corrected chi connectivity index (χ0v) is 14.3. The Morgan fingerprint density at radius 3 is 2.44 bits per heavy atom. The Balaban J connectivity index is 1.80. The topological polar surface area (TPSA) is 29.0 Å². The number of halogens is 1. The van der Waals surface area contributed by atoms with E-state index in [1.807, 2.05) is 73.1 Å². The molecule has 0 amide bonds. The summed E-state index contributed by atoms with van der Waals surface area (Å²) >= 11 is 6.03. The fraction of sp³-hybridized carbons (Fsp3) is 0.0476. The molecule has 4 aromatic rings. The second kappa shape index (κ2) is 6.91. The van der Waals surface area contributed by atoms with Gasteiger partial charge in [-0.1, -0.05) is 60.1 Å². The summed E-state index contributed by atoms with van der Waals surface area (Å²) in [6.45, 7) is 0.726. The first-order valence-corrected chi connectivity index (χ1v) is 8.52. The monoisotopic (exact) mass is 346 g/mol. The van der Waals surface area contributed by atoms with Crippen molar-refractivity contribution in [2.75, 3.05) is 5.32 Å². The fourth-order valence-corrected chi connectivity index (χ4v) is 2.97. The predicted octanol–water partition coefficient (Wildman–Crippen LogP) is 4.75. The first kappa shape index (κ1) is 15.6. The third-order valence-corrected chi connectivity index (χ3v) is 4.35. The van der Waals surface area contributed by atoms with E-state index in [4.69, 9.17) is 16.6 Å². The van der Waals surface area contributed by atoms with Gasteiger partial charge >= 0.3 is 5.82 Å². The number of aromatic nitrogens is 2. The van der Waals surface area contributed by atoms with Gasteiger partial charge in [-0.3, -0.25) is 5.32 Å². The summed E-state index contributed by atoms with van der Waals surface area (Å²) < 4.78 is 2.12. The SMILES string of the molecule is Clc1ccc(-c2ncc3cccc[n+]3c2NCc2ccccc2)cc1. The van der Waals surface area contributed by atoms with E-state index < -0.39 is 0 Å². The van der Waals surface area contributed by atoms with Gasteiger partial charge in [-0.25, -0.2) is 4.98 Å². The van der Waals surface area contributed by atoms with Crippen molar-refractivity contribution in [1.82, 2.24) is 4.98 Å². The van der Waals surface area contributed by atoms with E-state index in [1.165, 1.54) is 5.56 Å². The maximum atomic E-state index is 6.03. The summed E-state index contributed by atoms with van der Waals surface area (Å²) in [4.78, 5) is 4.69. The molecule has 4 rings (SSSR count). The number of hydrogen-bond donors (Lipinski definition) is 1. The standard InChI is InChI=1S/C21H16ClN3/c22-18-11-9-17(10-12-18)20-21(24-14-16-6-2-1-3-7-16)25-13-5-4-8-19(25)15-23-20/h1-13,15H,14H2/p+1. The number of nitrogens with one attached hydrogen (secondary N) is 1. The summed E-state index contributed by atoms with van der Waals surface area (Å²) in [5.41, 5.74) is 4.18. The minimum absolute atomic E-state index is 0.719. The van der Waals surface area contributed by atoms with Crippen molar-refractivity contribution in [3.05, 3.63) is 95.8 Å². The van der Waals surface area contributed by atoms with Crippen molar-refractivity contribution in [3.63, 3.8) is 0 Å². The Hall–Kier alpha value is -2.91. The van der Waals surface area contributed by atoms with Crippen molar-refractivity contribution in [2.24, 2.45) is 0 Å². The molecular weight excluding hydrogens is 330 g/mol. The van der Waals surface area contributed by atoms with Gasteiger partial charge in [-0.15, -0.1) is 0 Å². The second-order valence-corrected chi connectivity index (χ2v) is 6.23. The highest BCUT2D eigenvalue weighted by Gasteiger charge is 2.17. The summed E-state index contributed by atoms with van der Waals surface area (Å²) in [6, 6.07) is 24.2. The van der Waals surface area contributed by atoms with E-state index in [0.29, 0.717) is 0 Å². The summed E-state index contributed by atoms with van der Waals surface area (Å²) in [7, 11) is 0. The maximum absolute atomic E-state index is 6.03. The molecule has 25 heavy (non-hydrogen) atoms. The predicted molar refractivity (Wildman–Crippen MR) is 102 cm³/mol. The molecule has 0 spiro atoms. The minimum Gasteiger partial charge on any atom is -0.268 e. The Bertz CT molecular complexity index is 998. The lowest BCUT2D eigenvalue weighted by Crippen LogP contribution is -2.28. The van der Waals surface area contributed by atoms with Gasteiger partial charge in [-0.2, -0.15) is 4.40 Å². The van der Waals surface area contributed by atoms with E-state index >= 15 is 0 Å². The Morgan fingerprint density at radius 2 is 1.64 bits per heavy atom. The molecule has 3 nitrogen and oxygen atoms in total. The van der Waals surface area contributed by atoms with Crippen molar-refractivity contribution < 1.29 is 4.40 Å². The van der Waals surface area contributed by atoms with Gasteiger partial charge in [0, 0.05) is 10.6 Å². The smallest absolute Gasteiger partial charge is 0.268 e. The van der Waals surface area contributed by atoms with Crippen molar-refractivity contribution in [3.8, 4) is 11.3 Å². The average Bonchev–Trinajstić information content (AvgIpc) is 2.67. The van der Waals surface area contributed by atoms with Gasteiger partial charge in [0.25, 0.3) is 0 Å². The number of rotatable bonds is 4. The second-order valence-electron chi connectivity index (χ2n) is 5.80. The van der Waals surface area contributed by atoms with Gasteiger partial charge in [-0.05, 0) is 29.8 Å². The lowest BCUT2D eigenvalue weighted by atomic mass is 10.1. The minimum atomic E-state index is 0.719. The Labute approximate surface area is 151 Å².